The Hall–Kier alpha value is -1.89. The zero-order chi connectivity index (χ0) is 18.6. The SMILES string of the molecule is CCCCCCCCCCCCNc1nc2c(ncn2CCO)c(=O)[nH]1. The minimum Gasteiger partial charge on any atom is -0.395 e. The van der Waals surface area contributed by atoms with Gasteiger partial charge in [-0.15, -0.1) is 0 Å². The lowest BCUT2D eigenvalue weighted by Crippen LogP contribution is -2.15. The first-order valence-corrected chi connectivity index (χ1v) is 10.1. The highest BCUT2D eigenvalue weighted by atomic mass is 16.3. The van der Waals surface area contributed by atoms with E-state index in [1.165, 1.54) is 64.1 Å². The van der Waals surface area contributed by atoms with Crippen molar-refractivity contribution in [2.24, 2.45) is 0 Å². The summed E-state index contributed by atoms with van der Waals surface area (Å²) in [5, 5.41) is 12.3. The van der Waals surface area contributed by atoms with Gasteiger partial charge in [0.1, 0.15) is 0 Å². The quantitative estimate of drug-likeness (QED) is 0.447. The van der Waals surface area contributed by atoms with Crippen LogP contribution in [-0.4, -0.2) is 37.8 Å². The predicted molar refractivity (Wildman–Crippen MR) is 106 cm³/mol. The molecule has 0 amide bonds. The number of nitrogens with zero attached hydrogens (tertiary/aromatic N) is 3. The summed E-state index contributed by atoms with van der Waals surface area (Å²) in [5.41, 5.74) is 0.563. The van der Waals surface area contributed by atoms with Gasteiger partial charge in [-0.1, -0.05) is 64.7 Å². The van der Waals surface area contributed by atoms with Crippen molar-refractivity contribution >= 4 is 17.1 Å². The van der Waals surface area contributed by atoms with Crippen LogP contribution in [0.4, 0.5) is 5.95 Å². The van der Waals surface area contributed by atoms with Crippen molar-refractivity contribution in [3.05, 3.63) is 16.7 Å². The Balaban J connectivity index is 1.65. The lowest BCUT2D eigenvalue weighted by Gasteiger charge is -2.06. The first kappa shape index (κ1) is 20.4. The van der Waals surface area contributed by atoms with Gasteiger partial charge in [0.05, 0.1) is 12.9 Å². The molecule has 0 aliphatic heterocycles. The summed E-state index contributed by atoms with van der Waals surface area (Å²) in [6, 6.07) is 0. The van der Waals surface area contributed by atoms with Crippen LogP contribution < -0.4 is 10.9 Å². The van der Waals surface area contributed by atoms with Gasteiger partial charge in [0.25, 0.3) is 5.56 Å². The Morgan fingerprint density at radius 3 is 2.38 bits per heavy atom. The van der Waals surface area contributed by atoms with Crippen LogP contribution in [-0.2, 0) is 6.54 Å². The minimum absolute atomic E-state index is 0.0126. The first-order chi connectivity index (χ1) is 12.8. The number of anilines is 1. The van der Waals surface area contributed by atoms with Crippen molar-refractivity contribution in [2.75, 3.05) is 18.5 Å². The highest BCUT2D eigenvalue weighted by Gasteiger charge is 2.09. The maximum atomic E-state index is 12.0. The van der Waals surface area contributed by atoms with Crippen LogP contribution in [0, 0.1) is 0 Å². The normalized spacial score (nSPS) is 11.3. The monoisotopic (exact) mass is 363 g/mol. The number of fused-ring (bicyclic) bond motifs is 1. The number of nitrogens with one attached hydrogen (secondary N) is 2. The number of aromatic amines is 1. The van der Waals surface area contributed by atoms with Crippen LogP contribution in [0.25, 0.3) is 11.2 Å². The van der Waals surface area contributed by atoms with E-state index in [1.54, 1.807) is 4.57 Å². The number of unbranched alkanes of at least 4 members (excludes halogenated alkanes) is 9. The van der Waals surface area contributed by atoms with Gasteiger partial charge < -0.3 is 15.0 Å². The zero-order valence-corrected chi connectivity index (χ0v) is 16.0. The fourth-order valence-electron chi connectivity index (χ4n) is 3.13. The van der Waals surface area contributed by atoms with E-state index in [9.17, 15) is 4.79 Å². The zero-order valence-electron chi connectivity index (χ0n) is 16.0. The van der Waals surface area contributed by atoms with Gasteiger partial charge in [-0.25, -0.2) is 4.98 Å². The molecule has 2 aromatic heterocycles. The molecule has 2 aromatic rings. The molecule has 0 bridgehead atoms. The second kappa shape index (κ2) is 11.7. The largest absolute Gasteiger partial charge is 0.395 e. The number of hydrogen-bond acceptors (Lipinski definition) is 5. The Bertz CT molecular complexity index is 695. The standard InChI is InChI=1S/C19H33N5O2/c1-2-3-4-5-6-7-8-9-10-11-12-20-19-22-17-16(18(26)23-19)21-15-24(17)13-14-25/h15,25H,2-14H2,1H3,(H2,20,22,23,26). The summed E-state index contributed by atoms with van der Waals surface area (Å²) in [4.78, 5) is 23.2. The van der Waals surface area contributed by atoms with E-state index in [-0.39, 0.29) is 12.2 Å². The van der Waals surface area contributed by atoms with Crippen molar-refractivity contribution in [2.45, 2.75) is 77.7 Å². The second-order valence-electron chi connectivity index (χ2n) is 6.86. The van der Waals surface area contributed by atoms with Gasteiger partial charge in [-0.05, 0) is 6.42 Å². The minimum atomic E-state index is -0.253. The third-order valence-electron chi connectivity index (χ3n) is 4.64. The molecular formula is C19H33N5O2. The molecule has 146 valence electrons. The van der Waals surface area contributed by atoms with E-state index in [1.807, 2.05) is 0 Å². The van der Waals surface area contributed by atoms with Gasteiger partial charge in [0, 0.05) is 13.1 Å². The average molecular weight is 364 g/mol. The molecule has 3 N–H and O–H groups in total. The van der Waals surface area contributed by atoms with Gasteiger partial charge in [-0.3, -0.25) is 9.78 Å². The average Bonchev–Trinajstić information content (AvgIpc) is 3.03. The molecule has 2 heterocycles. The van der Waals surface area contributed by atoms with E-state index in [0.717, 1.165) is 13.0 Å². The fraction of sp³-hybridized carbons (Fsp3) is 0.737. The number of hydrogen-bond donors (Lipinski definition) is 3. The van der Waals surface area contributed by atoms with Crippen LogP contribution in [0.5, 0.6) is 0 Å². The molecule has 0 saturated carbocycles. The fourth-order valence-corrected chi connectivity index (χ4v) is 3.13. The molecule has 0 aliphatic carbocycles. The number of H-pyrrole nitrogens is 1. The van der Waals surface area contributed by atoms with Gasteiger partial charge in [0.15, 0.2) is 11.2 Å². The first-order valence-electron chi connectivity index (χ1n) is 10.1. The Morgan fingerprint density at radius 1 is 1.08 bits per heavy atom. The molecule has 0 spiro atoms. The number of aromatic nitrogens is 4. The summed E-state index contributed by atoms with van der Waals surface area (Å²) in [6.45, 7) is 3.41. The van der Waals surface area contributed by atoms with E-state index in [2.05, 4.69) is 27.2 Å². The molecule has 0 aromatic carbocycles. The molecule has 2 rings (SSSR count). The summed E-state index contributed by atoms with van der Waals surface area (Å²) < 4.78 is 1.69. The molecule has 26 heavy (non-hydrogen) atoms. The maximum Gasteiger partial charge on any atom is 0.280 e. The molecule has 7 nitrogen and oxygen atoms in total. The third-order valence-corrected chi connectivity index (χ3v) is 4.64. The van der Waals surface area contributed by atoms with Crippen LogP contribution in [0.3, 0.4) is 0 Å². The smallest absolute Gasteiger partial charge is 0.280 e. The van der Waals surface area contributed by atoms with Crippen LogP contribution in [0.15, 0.2) is 11.1 Å². The summed E-state index contributed by atoms with van der Waals surface area (Å²) in [6.07, 6.45) is 14.5. The molecule has 0 unspecified atom stereocenters. The van der Waals surface area contributed by atoms with E-state index < -0.39 is 0 Å². The van der Waals surface area contributed by atoms with Gasteiger partial charge in [-0.2, -0.15) is 4.98 Å². The highest BCUT2D eigenvalue weighted by molar-refractivity contribution is 5.70. The molecule has 0 aliphatic rings. The van der Waals surface area contributed by atoms with E-state index >= 15 is 0 Å². The molecule has 0 fully saturated rings. The van der Waals surface area contributed by atoms with Crippen LogP contribution in [0.2, 0.25) is 0 Å². The Labute approximate surface area is 155 Å². The Morgan fingerprint density at radius 2 is 1.73 bits per heavy atom. The summed E-state index contributed by atoms with van der Waals surface area (Å²) >= 11 is 0. The molecule has 0 saturated heterocycles. The predicted octanol–water partition coefficient (Wildman–Crippen LogP) is 3.44. The molecular weight excluding hydrogens is 330 g/mol. The van der Waals surface area contributed by atoms with Crippen molar-refractivity contribution in [1.82, 2.24) is 19.5 Å². The van der Waals surface area contributed by atoms with Crippen molar-refractivity contribution in [3.63, 3.8) is 0 Å². The summed E-state index contributed by atoms with van der Waals surface area (Å²) in [7, 11) is 0. The number of aliphatic hydroxyl groups excluding tert-OH is 1. The van der Waals surface area contributed by atoms with Crippen molar-refractivity contribution in [3.8, 4) is 0 Å². The number of rotatable bonds is 14. The third kappa shape index (κ3) is 6.44. The van der Waals surface area contributed by atoms with Gasteiger partial charge in [0.2, 0.25) is 5.95 Å². The lowest BCUT2D eigenvalue weighted by atomic mass is 10.1. The summed E-state index contributed by atoms with van der Waals surface area (Å²) in [5.74, 6) is 0.470. The highest BCUT2D eigenvalue weighted by Crippen LogP contribution is 2.11. The van der Waals surface area contributed by atoms with Crippen LogP contribution in [0.1, 0.15) is 71.1 Å². The molecule has 0 atom stereocenters. The molecule has 0 radical (unpaired) electrons. The second-order valence-corrected chi connectivity index (χ2v) is 6.86. The van der Waals surface area contributed by atoms with Crippen molar-refractivity contribution in [1.29, 1.82) is 0 Å². The number of aliphatic hydroxyl groups is 1. The van der Waals surface area contributed by atoms with Crippen molar-refractivity contribution < 1.29 is 5.11 Å². The topological polar surface area (TPSA) is 95.8 Å². The van der Waals surface area contributed by atoms with E-state index in [4.69, 9.17) is 5.11 Å². The van der Waals surface area contributed by atoms with Crippen LogP contribution >= 0.6 is 0 Å². The van der Waals surface area contributed by atoms with E-state index in [0.29, 0.717) is 23.7 Å². The van der Waals surface area contributed by atoms with Gasteiger partial charge >= 0.3 is 0 Å². The maximum absolute atomic E-state index is 12.0. The Kier molecular flexibility index (Phi) is 9.17. The number of imidazole rings is 1. The lowest BCUT2D eigenvalue weighted by molar-refractivity contribution is 0.277. The molecule has 7 heteroatoms.